The lowest BCUT2D eigenvalue weighted by atomic mass is 9.58. The van der Waals surface area contributed by atoms with Crippen LogP contribution in [0.5, 0.6) is 0 Å². The molecule has 1 saturated carbocycles. The van der Waals surface area contributed by atoms with Gasteiger partial charge in [-0.1, -0.05) is 201 Å². The van der Waals surface area contributed by atoms with E-state index in [1.54, 1.807) is 0 Å². The second kappa shape index (κ2) is 35.5. The number of hydrogen-bond acceptors (Lipinski definition) is 2. The van der Waals surface area contributed by atoms with Gasteiger partial charge < -0.3 is 9.47 Å². The SMILES string of the molecule is CCCCCCCCCCCCCCCCCOCCCC1(C)CCC(C)(C)C(CCOCCCCCCCCCCCCCCCCCF)C1. The number of halogens is 1. The highest BCUT2D eigenvalue weighted by atomic mass is 19.1. The van der Waals surface area contributed by atoms with Crippen LogP contribution >= 0.6 is 0 Å². The minimum Gasteiger partial charge on any atom is -0.381 e. The van der Waals surface area contributed by atoms with Crippen LogP contribution in [0.25, 0.3) is 0 Å². The first kappa shape index (κ1) is 48.9. The van der Waals surface area contributed by atoms with Crippen molar-refractivity contribution >= 4 is 0 Å². The van der Waals surface area contributed by atoms with Crippen LogP contribution in [0.4, 0.5) is 4.39 Å². The van der Waals surface area contributed by atoms with E-state index < -0.39 is 0 Å². The molecule has 2 unspecified atom stereocenters. The van der Waals surface area contributed by atoms with Gasteiger partial charge in [-0.2, -0.15) is 0 Å². The summed E-state index contributed by atoms with van der Waals surface area (Å²) in [6, 6.07) is 0. The Morgan fingerprint density at radius 1 is 0.431 bits per heavy atom. The largest absolute Gasteiger partial charge is 0.381 e. The van der Waals surface area contributed by atoms with Crippen LogP contribution in [0.1, 0.15) is 259 Å². The van der Waals surface area contributed by atoms with Crippen LogP contribution in [0.15, 0.2) is 0 Å². The van der Waals surface area contributed by atoms with E-state index >= 15 is 0 Å². The zero-order valence-corrected chi connectivity index (χ0v) is 35.8. The topological polar surface area (TPSA) is 18.5 Å². The Hall–Kier alpha value is -0.150. The Balaban J connectivity index is 1.92. The van der Waals surface area contributed by atoms with Crippen molar-refractivity contribution in [1.29, 1.82) is 0 Å². The fourth-order valence-electron chi connectivity index (χ4n) is 8.72. The molecule has 51 heavy (non-hydrogen) atoms. The summed E-state index contributed by atoms with van der Waals surface area (Å²) in [5.74, 6) is 0.782. The molecule has 0 N–H and O–H groups in total. The molecular weight excluding hydrogens is 628 g/mol. The number of ether oxygens (including phenoxy) is 2. The van der Waals surface area contributed by atoms with Crippen molar-refractivity contribution in [1.82, 2.24) is 0 Å². The molecule has 0 aromatic heterocycles. The van der Waals surface area contributed by atoms with Gasteiger partial charge in [-0.15, -0.1) is 0 Å². The standard InChI is InChI=1S/C48H95FO2/c1-5-6-7-8-9-10-11-12-15-18-21-24-27-30-33-41-50-43-35-37-48(4)39-38-47(2,3)46(45-48)36-44-51-42-34-31-28-25-22-19-16-13-14-17-20-23-26-29-32-40-49/h46H,5-45H2,1-4H3. The summed E-state index contributed by atoms with van der Waals surface area (Å²) in [6.07, 6.45) is 48.7. The van der Waals surface area contributed by atoms with E-state index in [-0.39, 0.29) is 6.67 Å². The second-order valence-corrected chi connectivity index (χ2v) is 18.3. The van der Waals surface area contributed by atoms with Gasteiger partial charge in [0.05, 0.1) is 6.67 Å². The molecule has 0 heterocycles. The highest BCUT2D eigenvalue weighted by molar-refractivity contribution is 4.92. The smallest absolute Gasteiger partial charge is 0.0894 e. The van der Waals surface area contributed by atoms with Crippen molar-refractivity contribution in [2.75, 3.05) is 33.1 Å². The molecule has 3 heteroatoms. The minimum atomic E-state index is -0.136. The molecule has 1 fully saturated rings. The van der Waals surface area contributed by atoms with Crippen molar-refractivity contribution in [3.63, 3.8) is 0 Å². The summed E-state index contributed by atoms with van der Waals surface area (Å²) in [5.41, 5.74) is 0.930. The lowest BCUT2D eigenvalue weighted by molar-refractivity contribution is 0.00740. The molecule has 1 aliphatic carbocycles. The molecule has 0 aromatic rings. The summed E-state index contributed by atoms with van der Waals surface area (Å²) in [7, 11) is 0. The van der Waals surface area contributed by atoms with Gasteiger partial charge in [0.1, 0.15) is 0 Å². The van der Waals surface area contributed by atoms with Crippen LogP contribution in [0, 0.1) is 16.7 Å². The van der Waals surface area contributed by atoms with Crippen LogP contribution < -0.4 is 0 Å². The average Bonchev–Trinajstić information content (AvgIpc) is 3.12. The Labute approximate surface area is 321 Å². The predicted octanol–water partition coefficient (Wildman–Crippen LogP) is 16.7. The van der Waals surface area contributed by atoms with E-state index in [1.165, 1.54) is 218 Å². The lowest BCUT2D eigenvalue weighted by Gasteiger charge is -2.48. The first-order valence-corrected chi connectivity index (χ1v) is 23.6. The molecule has 0 aliphatic heterocycles. The maximum Gasteiger partial charge on any atom is 0.0894 e. The third-order valence-corrected chi connectivity index (χ3v) is 12.7. The van der Waals surface area contributed by atoms with Crippen LogP contribution in [0.2, 0.25) is 0 Å². The van der Waals surface area contributed by atoms with Crippen LogP contribution in [-0.2, 0) is 9.47 Å². The van der Waals surface area contributed by atoms with Crippen molar-refractivity contribution in [2.24, 2.45) is 16.7 Å². The van der Waals surface area contributed by atoms with Gasteiger partial charge in [-0.25, -0.2) is 0 Å². The van der Waals surface area contributed by atoms with E-state index in [4.69, 9.17) is 9.47 Å². The van der Waals surface area contributed by atoms with Crippen molar-refractivity contribution in [3.8, 4) is 0 Å². The van der Waals surface area contributed by atoms with Gasteiger partial charge in [0.2, 0.25) is 0 Å². The zero-order chi connectivity index (χ0) is 37.0. The van der Waals surface area contributed by atoms with Crippen LogP contribution in [0.3, 0.4) is 0 Å². The summed E-state index contributed by atoms with van der Waals surface area (Å²) in [4.78, 5) is 0. The molecule has 0 aromatic carbocycles. The highest BCUT2D eigenvalue weighted by Crippen LogP contribution is 2.51. The monoisotopic (exact) mass is 723 g/mol. The number of unbranched alkanes of at least 4 members (excludes halogenated alkanes) is 28. The second-order valence-electron chi connectivity index (χ2n) is 18.3. The lowest BCUT2D eigenvalue weighted by Crippen LogP contribution is -2.37. The van der Waals surface area contributed by atoms with E-state index in [9.17, 15) is 4.39 Å². The quantitative estimate of drug-likeness (QED) is 0.0586. The first-order valence-electron chi connectivity index (χ1n) is 23.6. The third kappa shape index (κ3) is 30.8. The molecule has 0 bridgehead atoms. The van der Waals surface area contributed by atoms with Gasteiger partial charge in [-0.3, -0.25) is 4.39 Å². The molecule has 2 atom stereocenters. The van der Waals surface area contributed by atoms with Gasteiger partial charge in [-0.05, 0) is 74.5 Å². The van der Waals surface area contributed by atoms with Gasteiger partial charge in [0.25, 0.3) is 0 Å². The van der Waals surface area contributed by atoms with E-state index in [0.717, 1.165) is 45.2 Å². The number of rotatable bonds is 40. The molecule has 1 aliphatic rings. The third-order valence-electron chi connectivity index (χ3n) is 12.7. The Kier molecular flexibility index (Phi) is 34.1. The van der Waals surface area contributed by atoms with Gasteiger partial charge in [0, 0.05) is 26.4 Å². The molecule has 0 amide bonds. The van der Waals surface area contributed by atoms with Crippen molar-refractivity contribution < 1.29 is 13.9 Å². The minimum absolute atomic E-state index is 0.136. The Morgan fingerprint density at radius 3 is 1.20 bits per heavy atom. The highest BCUT2D eigenvalue weighted by Gasteiger charge is 2.41. The molecule has 306 valence electrons. The normalized spacial score (nSPS) is 18.9. The maximum atomic E-state index is 12.1. The first-order chi connectivity index (χ1) is 24.9. The molecule has 0 radical (unpaired) electrons. The summed E-state index contributed by atoms with van der Waals surface area (Å²) < 4.78 is 24.4. The summed E-state index contributed by atoms with van der Waals surface area (Å²) in [5, 5.41) is 0. The average molecular weight is 723 g/mol. The Morgan fingerprint density at radius 2 is 0.784 bits per heavy atom. The van der Waals surface area contributed by atoms with Crippen molar-refractivity contribution in [2.45, 2.75) is 259 Å². The fourth-order valence-corrected chi connectivity index (χ4v) is 8.72. The van der Waals surface area contributed by atoms with Gasteiger partial charge >= 0.3 is 0 Å². The van der Waals surface area contributed by atoms with E-state index in [1.807, 2.05) is 0 Å². The molecule has 1 rings (SSSR count). The summed E-state index contributed by atoms with van der Waals surface area (Å²) in [6.45, 7) is 13.6. The molecular formula is C48H95FO2. The van der Waals surface area contributed by atoms with E-state index in [2.05, 4.69) is 27.7 Å². The molecule has 0 spiro atoms. The maximum absolute atomic E-state index is 12.1. The van der Waals surface area contributed by atoms with Crippen molar-refractivity contribution in [3.05, 3.63) is 0 Å². The fraction of sp³-hybridized carbons (Fsp3) is 1.00. The number of hydrogen-bond donors (Lipinski definition) is 0. The van der Waals surface area contributed by atoms with Gasteiger partial charge in [0.15, 0.2) is 0 Å². The molecule has 2 nitrogen and oxygen atoms in total. The van der Waals surface area contributed by atoms with Crippen LogP contribution in [-0.4, -0.2) is 33.1 Å². The molecule has 0 saturated heterocycles. The predicted molar refractivity (Wildman–Crippen MR) is 225 cm³/mol. The Bertz CT molecular complexity index is 695. The van der Waals surface area contributed by atoms with E-state index in [0.29, 0.717) is 10.8 Å². The zero-order valence-electron chi connectivity index (χ0n) is 35.8. The summed E-state index contributed by atoms with van der Waals surface area (Å²) >= 11 is 0. The number of alkyl halides is 1.